The lowest BCUT2D eigenvalue weighted by molar-refractivity contribution is 0.0785. The first-order chi connectivity index (χ1) is 15.0. The molecule has 2 atom stereocenters. The third-order valence-corrected chi connectivity index (χ3v) is 6.03. The summed E-state index contributed by atoms with van der Waals surface area (Å²) >= 11 is 12.0. The molecule has 0 spiro atoms. The molecule has 1 aliphatic heterocycles. The Morgan fingerprint density at radius 1 is 1.10 bits per heavy atom. The number of nitrogens with one attached hydrogen (secondary N) is 1. The highest BCUT2D eigenvalue weighted by Gasteiger charge is 2.36. The SMILES string of the molecule is Cc1cc(C(=O)N2C[C@H](CNCc3ccc(Cl)cn3)[C@@H](c3ccc(Cl)cc3)C2)cnn1. The number of rotatable bonds is 6. The Balaban J connectivity index is 1.48. The number of carbonyl (C=O) groups excluding carboxylic acids is 1. The summed E-state index contributed by atoms with van der Waals surface area (Å²) in [5.41, 5.74) is 3.41. The molecular weight excluding hydrogens is 433 g/mol. The molecule has 3 heterocycles. The number of hydrogen-bond donors (Lipinski definition) is 1. The Labute approximate surface area is 191 Å². The number of hydrogen-bond acceptors (Lipinski definition) is 5. The summed E-state index contributed by atoms with van der Waals surface area (Å²) < 4.78 is 0. The first-order valence-corrected chi connectivity index (χ1v) is 10.9. The second-order valence-electron chi connectivity index (χ2n) is 7.81. The lowest BCUT2D eigenvalue weighted by atomic mass is 9.89. The Kier molecular flexibility index (Phi) is 6.80. The summed E-state index contributed by atoms with van der Waals surface area (Å²) in [6.07, 6.45) is 3.18. The number of aromatic nitrogens is 3. The van der Waals surface area contributed by atoms with Gasteiger partial charge >= 0.3 is 0 Å². The number of aryl methyl sites for hydroxylation is 1. The molecule has 1 aliphatic rings. The lowest BCUT2D eigenvalue weighted by Crippen LogP contribution is -2.31. The zero-order chi connectivity index (χ0) is 21.8. The largest absolute Gasteiger partial charge is 0.338 e. The maximum Gasteiger partial charge on any atom is 0.255 e. The van der Waals surface area contributed by atoms with Gasteiger partial charge in [0, 0.05) is 43.3 Å². The fourth-order valence-corrected chi connectivity index (χ4v) is 4.24. The summed E-state index contributed by atoms with van der Waals surface area (Å²) in [7, 11) is 0. The van der Waals surface area contributed by atoms with E-state index in [-0.39, 0.29) is 17.7 Å². The van der Waals surface area contributed by atoms with Gasteiger partial charge in [0.2, 0.25) is 0 Å². The van der Waals surface area contributed by atoms with Crippen molar-refractivity contribution < 1.29 is 4.79 Å². The van der Waals surface area contributed by atoms with E-state index in [1.807, 2.05) is 48.2 Å². The molecule has 0 bridgehead atoms. The first kappa shape index (κ1) is 21.7. The highest BCUT2D eigenvalue weighted by atomic mass is 35.5. The van der Waals surface area contributed by atoms with Gasteiger partial charge in [-0.25, -0.2) is 0 Å². The number of pyridine rings is 1. The van der Waals surface area contributed by atoms with E-state index in [2.05, 4.69) is 20.5 Å². The van der Waals surface area contributed by atoms with Gasteiger partial charge in [-0.15, -0.1) is 0 Å². The van der Waals surface area contributed by atoms with Crippen LogP contribution in [-0.4, -0.2) is 45.6 Å². The van der Waals surface area contributed by atoms with Crippen molar-refractivity contribution in [2.75, 3.05) is 19.6 Å². The molecule has 2 aromatic heterocycles. The van der Waals surface area contributed by atoms with E-state index in [9.17, 15) is 4.79 Å². The molecule has 1 N–H and O–H groups in total. The van der Waals surface area contributed by atoms with Crippen molar-refractivity contribution in [3.8, 4) is 0 Å². The van der Waals surface area contributed by atoms with Crippen molar-refractivity contribution in [3.05, 3.63) is 87.4 Å². The minimum atomic E-state index is -0.0150. The summed E-state index contributed by atoms with van der Waals surface area (Å²) in [5.74, 6) is 0.454. The zero-order valence-electron chi connectivity index (χ0n) is 17.1. The van der Waals surface area contributed by atoms with Crippen LogP contribution in [0.1, 0.15) is 33.2 Å². The van der Waals surface area contributed by atoms with E-state index in [1.165, 1.54) is 11.8 Å². The topological polar surface area (TPSA) is 71.0 Å². The molecule has 8 heteroatoms. The van der Waals surface area contributed by atoms with Crippen LogP contribution >= 0.6 is 23.2 Å². The van der Waals surface area contributed by atoms with E-state index in [0.29, 0.717) is 35.2 Å². The molecule has 0 saturated carbocycles. The predicted molar refractivity (Wildman–Crippen MR) is 121 cm³/mol. The van der Waals surface area contributed by atoms with Crippen LogP contribution in [0.3, 0.4) is 0 Å². The van der Waals surface area contributed by atoms with Crippen LogP contribution in [0.25, 0.3) is 0 Å². The van der Waals surface area contributed by atoms with Crippen LogP contribution in [-0.2, 0) is 6.54 Å². The molecule has 1 aromatic carbocycles. The average Bonchev–Trinajstić information content (AvgIpc) is 3.19. The van der Waals surface area contributed by atoms with Crippen LogP contribution in [0.5, 0.6) is 0 Å². The van der Waals surface area contributed by atoms with Crippen LogP contribution in [0.15, 0.2) is 54.9 Å². The maximum absolute atomic E-state index is 13.1. The summed E-state index contributed by atoms with van der Waals surface area (Å²) in [5, 5.41) is 12.7. The number of amides is 1. The van der Waals surface area contributed by atoms with Crippen LogP contribution in [0.4, 0.5) is 0 Å². The van der Waals surface area contributed by atoms with E-state index in [0.717, 1.165) is 17.9 Å². The quantitative estimate of drug-likeness (QED) is 0.604. The van der Waals surface area contributed by atoms with Crippen molar-refractivity contribution in [1.82, 2.24) is 25.4 Å². The Hall–Kier alpha value is -2.54. The Morgan fingerprint density at radius 3 is 2.58 bits per heavy atom. The second-order valence-corrected chi connectivity index (χ2v) is 8.69. The van der Waals surface area contributed by atoms with Crippen molar-refractivity contribution >= 4 is 29.1 Å². The monoisotopic (exact) mass is 455 g/mol. The van der Waals surface area contributed by atoms with E-state index < -0.39 is 0 Å². The number of benzene rings is 1. The molecular formula is C23H23Cl2N5O. The minimum absolute atomic E-state index is 0.0150. The summed E-state index contributed by atoms with van der Waals surface area (Å²) in [4.78, 5) is 19.3. The lowest BCUT2D eigenvalue weighted by Gasteiger charge is -2.19. The summed E-state index contributed by atoms with van der Waals surface area (Å²) in [6, 6.07) is 13.4. The predicted octanol–water partition coefficient (Wildman–Crippen LogP) is 4.13. The molecule has 31 heavy (non-hydrogen) atoms. The normalized spacial score (nSPS) is 18.4. The first-order valence-electron chi connectivity index (χ1n) is 10.1. The molecule has 160 valence electrons. The van der Waals surface area contributed by atoms with Crippen LogP contribution in [0, 0.1) is 12.8 Å². The number of carbonyl (C=O) groups is 1. The average molecular weight is 456 g/mol. The Morgan fingerprint density at radius 2 is 1.87 bits per heavy atom. The third kappa shape index (κ3) is 5.39. The molecule has 1 amide bonds. The van der Waals surface area contributed by atoms with Gasteiger partial charge in [0.25, 0.3) is 5.91 Å². The van der Waals surface area contributed by atoms with Gasteiger partial charge in [-0.05, 0) is 48.7 Å². The molecule has 0 radical (unpaired) electrons. The number of nitrogens with zero attached hydrogens (tertiary/aromatic N) is 4. The fraction of sp³-hybridized carbons (Fsp3) is 0.304. The number of halogens is 2. The molecule has 3 aromatic rings. The van der Waals surface area contributed by atoms with Gasteiger partial charge in [0.05, 0.1) is 28.2 Å². The van der Waals surface area contributed by atoms with Crippen LogP contribution in [0.2, 0.25) is 10.0 Å². The van der Waals surface area contributed by atoms with E-state index in [1.54, 1.807) is 12.3 Å². The Bertz CT molecular complexity index is 1040. The van der Waals surface area contributed by atoms with Gasteiger partial charge in [0.1, 0.15) is 0 Å². The second kappa shape index (κ2) is 9.73. The molecule has 0 aliphatic carbocycles. The molecule has 1 saturated heterocycles. The fourth-order valence-electron chi connectivity index (χ4n) is 4.00. The molecule has 4 rings (SSSR count). The minimum Gasteiger partial charge on any atom is -0.338 e. The highest BCUT2D eigenvalue weighted by Crippen LogP contribution is 2.33. The van der Waals surface area contributed by atoms with E-state index in [4.69, 9.17) is 23.2 Å². The number of likely N-dealkylation sites (tertiary alicyclic amines) is 1. The van der Waals surface area contributed by atoms with Crippen molar-refractivity contribution in [3.63, 3.8) is 0 Å². The van der Waals surface area contributed by atoms with Gasteiger partial charge in [-0.3, -0.25) is 9.78 Å². The van der Waals surface area contributed by atoms with Gasteiger partial charge in [-0.1, -0.05) is 35.3 Å². The third-order valence-electron chi connectivity index (χ3n) is 5.55. The van der Waals surface area contributed by atoms with Crippen LogP contribution < -0.4 is 5.32 Å². The molecule has 0 unspecified atom stereocenters. The van der Waals surface area contributed by atoms with Crippen molar-refractivity contribution in [1.29, 1.82) is 0 Å². The molecule has 6 nitrogen and oxygen atoms in total. The van der Waals surface area contributed by atoms with E-state index >= 15 is 0 Å². The van der Waals surface area contributed by atoms with Gasteiger partial charge in [-0.2, -0.15) is 10.2 Å². The maximum atomic E-state index is 13.1. The zero-order valence-corrected chi connectivity index (χ0v) is 18.6. The molecule has 1 fully saturated rings. The smallest absolute Gasteiger partial charge is 0.255 e. The highest BCUT2D eigenvalue weighted by molar-refractivity contribution is 6.30. The summed E-state index contributed by atoms with van der Waals surface area (Å²) in [6.45, 7) is 4.54. The van der Waals surface area contributed by atoms with Crippen molar-refractivity contribution in [2.24, 2.45) is 5.92 Å². The standard InChI is InChI=1S/C23H23Cl2N5O/c1-15-8-17(10-28-29-15)23(31)30-13-18(9-26-12-21-7-6-20(25)11-27-21)22(14-30)16-2-4-19(24)5-3-16/h2-8,10-11,18,22,26H,9,12-14H2,1H3/t18-,22+/m0/s1. The van der Waals surface area contributed by atoms with Gasteiger partial charge < -0.3 is 10.2 Å². The van der Waals surface area contributed by atoms with Crippen molar-refractivity contribution in [2.45, 2.75) is 19.4 Å². The van der Waals surface area contributed by atoms with Gasteiger partial charge in [0.15, 0.2) is 0 Å².